The Labute approximate surface area is 153 Å². The van der Waals surface area contributed by atoms with Gasteiger partial charge in [-0.25, -0.2) is 4.79 Å². The lowest BCUT2D eigenvalue weighted by Crippen LogP contribution is -2.21. The van der Waals surface area contributed by atoms with Gasteiger partial charge in [0, 0.05) is 5.02 Å². The lowest BCUT2D eigenvalue weighted by atomic mass is 9.81. The number of hydrogen-bond acceptors (Lipinski definition) is 4. The van der Waals surface area contributed by atoms with Crippen LogP contribution in [0.1, 0.15) is 38.2 Å². The number of aryl methyl sites for hydroxylation is 1. The lowest BCUT2D eigenvalue weighted by molar-refractivity contribution is -0.134. The van der Waals surface area contributed by atoms with Crippen LogP contribution in [-0.4, -0.2) is 24.3 Å². The third-order valence-electron chi connectivity index (χ3n) is 4.82. The summed E-state index contributed by atoms with van der Waals surface area (Å²) in [6, 6.07) is 10.1. The minimum absolute atomic E-state index is 0.0177. The monoisotopic (exact) mass is 356 g/mol. The van der Waals surface area contributed by atoms with Crippen molar-refractivity contribution in [3.05, 3.63) is 46.0 Å². The van der Waals surface area contributed by atoms with Crippen molar-refractivity contribution < 1.29 is 9.53 Å². The predicted octanol–water partition coefficient (Wildman–Crippen LogP) is 4.28. The minimum atomic E-state index is -0.337. The Morgan fingerprint density at radius 2 is 2.32 bits per heavy atom. The Bertz CT molecular complexity index is 776. The zero-order valence-corrected chi connectivity index (χ0v) is 15.1. The Morgan fingerprint density at radius 3 is 3.04 bits per heavy atom. The fraction of sp³-hybridized carbons (Fsp3) is 0.450. The average molecular weight is 357 g/mol. The van der Waals surface area contributed by atoms with Gasteiger partial charge >= 0.3 is 5.97 Å². The molecule has 0 saturated heterocycles. The number of halogens is 1. The fourth-order valence-corrected chi connectivity index (χ4v) is 3.82. The normalized spacial score (nSPS) is 22.2. The maximum absolute atomic E-state index is 12.2. The van der Waals surface area contributed by atoms with Gasteiger partial charge in [0.2, 0.25) is 0 Å². The van der Waals surface area contributed by atoms with Crippen LogP contribution >= 0.6 is 11.6 Å². The predicted molar refractivity (Wildman–Crippen MR) is 97.6 cm³/mol. The maximum Gasteiger partial charge on any atom is 0.356 e. The molecule has 0 saturated carbocycles. The van der Waals surface area contributed by atoms with Crippen LogP contribution in [0.15, 0.2) is 40.4 Å². The average Bonchev–Trinajstić information content (AvgIpc) is 2.98. The van der Waals surface area contributed by atoms with Gasteiger partial charge in [-0.3, -0.25) is 4.99 Å². The smallest absolute Gasteiger partial charge is 0.356 e. The third kappa shape index (κ3) is 3.93. The SMILES string of the molecule is CCOC(=O)C1=NC(CCc2cccc(Cl)c2)C2=C1CCC(C#N)C2. The Kier molecular flexibility index (Phi) is 5.55. The molecule has 0 bridgehead atoms. The molecule has 2 unspecified atom stereocenters. The highest BCUT2D eigenvalue weighted by Gasteiger charge is 2.36. The molecule has 2 atom stereocenters. The van der Waals surface area contributed by atoms with Crippen molar-refractivity contribution in [3.63, 3.8) is 0 Å². The summed E-state index contributed by atoms with van der Waals surface area (Å²) in [7, 11) is 0. The van der Waals surface area contributed by atoms with Gasteiger partial charge in [0.05, 0.1) is 24.6 Å². The highest BCUT2D eigenvalue weighted by Crippen LogP contribution is 2.38. The number of carbonyl (C=O) groups is 1. The number of rotatable bonds is 5. The van der Waals surface area contributed by atoms with Crippen molar-refractivity contribution in [3.8, 4) is 6.07 Å². The summed E-state index contributed by atoms with van der Waals surface area (Å²) in [4.78, 5) is 16.9. The topological polar surface area (TPSA) is 62.4 Å². The molecule has 1 aliphatic carbocycles. The number of hydrogen-bond donors (Lipinski definition) is 0. The number of esters is 1. The molecule has 4 nitrogen and oxygen atoms in total. The second-order valence-corrected chi connectivity index (χ2v) is 6.89. The summed E-state index contributed by atoms with van der Waals surface area (Å²) in [5, 5.41) is 10.0. The number of aliphatic imine (C=N–C) groups is 1. The number of benzene rings is 1. The number of ether oxygens (including phenoxy) is 1. The summed E-state index contributed by atoms with van der Waals surface area (Å²) in [6.45, 7) is 2.14. The van der Waals surface area contributed by atoms with Crippen molar-refractivity contribution in [1.29, 1.82) is 5.26 Å². The maximum atomic E-state index is 12.2. The van der Waals surface area contributed by atoms with E-state index in [-0.39, 0.29) is 17.9 Å². The van der Waals surface area contributed by atoms with Gasteiger partial charge in [0.1, 0.15) is 5.71 Å². The molecule has 1 aromatic rings. The fourth-order valence-electron chi connectivity index (χ4n) is 3.61. The molecule has 1 aliphatic heterocycles. The third-order valence-corrected chi connectivity index (χ3v) is 5.05. The van der Waals surface area contributed by atoms with Crippen molar-refractivity contribution in [2.45, 2.75) is 45.1 Å². The van der Waals surface area contributed by atoms with E-state index in [0.717, 1.165) is 47.4 Å². The number of nitrogens with zero attached hydrogens (tertiary/aromatic N) is 2. The highest BCUT2D eigenvalue weighted by atomic mass is 35.5. The van der Waals surface area contributed by atoms with Crippen molar-refractivity contribution in [2.24, 2.45) is 10.9 Å². The van der Waals surface area contributed by atoms with E-state index in [9.17, 15) is 10.1 Å². The number of carbonyl (C=O) groups excluding carboxylic acids is 1. The zero-order valence-electron chi connectivity index (χ0n) is 14.3. The van der Waals surface area contributed by atoms with Gasteiger partial charge in [-0.1, -0.05) is 23.7 Å². The molecule has 0 N–H and O–H groups in total. The molecule has 1 aromatic carbocycles. The summed E-state index contributed by atoms with van der Waals surface area (Å²) in [5.41, 5.74) is 3.80. The van der Waals surface area contributed by atoms with E-state index in [1.165, 1.54) is 0 Å². The van der Waals surface area contributed by atoms with E-state index >= 15 is 0 Å². The molecule has 5 heteroatoms. The van der Waals surface area contributed by atoms with Gasteiger partial charge in [-0.05, 0) is 67.9 Å². The van der Waals surface area contributed by atoms with Gasteiger partial charge in [0.25, 0.3) is 0 Å². The van der Waals surface area contributed by atoms with Gasteiger partial charge in [-0.15, -0.1) is 0 Å². The first-order valence-electron chi connectivity index (χ1n) is 8.73. The molecule has 0 radical (unpaired) electrons. The van der Waals surface area contributed by atoms with E-state index < -0.39 is 0 Å². The van der Waals surface area contributed by atoms with Gasteiger partial charge in [0.15, 0.2) is 0 Å². The van der Waals surface area contributed by atoms with Crippen LogP contribution in [0.5, 0.6) is 0 Å². The summed E-state index contributed by atoms with van der Waals surface area (Å²) in [6.07, 6.45) is 3.87. The molecule has 0 aromatic heterocycles. The Morgan fingerprint density at radius 1 is 1.48 bits per heavy atom. The molecule has 3 rings (SSSR count). The van der Waals surface area contributed by atoms with E-state index in [2.05, 4.69) is 11.1 Å². The van der Waals surface area contributed by atoms with Crippen LogP contribution in [0.25, 0.3) is 0 Å². The van der Waals surface area contributed by atoms with Crippen LogP contribution in [-0.2, 0) is 16.0 Å². The first kappa shape index (κ1) is 17.7. The lowest BCUT2D eigenvalue weighted by Gasteiger charge is -2.22. The van der Waals surface area contributed by atoms with Crippen LogP contribution in [0.4, 0.5) is 0 Å². The molecule has 25 heavy (non-hydrogen) atoms. The molecule has 0 amide bonds. The standard InChI is InChI=1S/C20H21ClN2O2/c1-2-25-20(24)19-16-8-6-14(12-22)11-17(16)18(23-19)9-7-13-4-3-5-15(21)10-13/h3-5,10,14,18H,2,6-9,11H2,1H3. The summed E-state index contributed by atoms with van der Waals surface area (Å²) >= 11 is 6.05. The molecular formula is C20H21ClN2O2. The molecule has 130 valence electrons. The van der Waals surface area contributed by atoms with E-state index in [0.29, 0.717) is 18.7 Å². The van der Waals surface area contributed by atoms with E-state index in [4.69, 9.17) is 16.3 Å². The molecular weight excluding hydrogens is 336 g/mol. The zero-order chi connectivity index (χ0) is 17.8. The van der Waals surface area contributed by atoms with Gasteiger partial charge in [-0.2, -0.15) is 5.26 Å². The minimum Gasteiger partial charge on any atom is -0.461 e. The molecule has 2 aliphatic rings. The largest absolute Gasteiger partial charge is 0.461 e. The Balaban J connectivity index is 1.80. The molecule has 1 heterocycles. The van der Waals surface area contributed by atoms with E-state index in [1.807, 2.05) is 24.3 Å². The summed E-state index contributed by atoms with van der Waals surface area (Å²) in [5.74, 6) is -0.320. The Hall–Kier alpha value is -2.12. The van der Waals surface area contributed by atoms with Crippen LogP contribution in [0, 0.1) is 17.2 Å². The van der Waals surface area contributed by atoms with Crippen molar-refractivity contribution in [1.82, 2.24) is 0 Å². The first-order valence-corrected chi connectivity index (χ1v) is 9.11. The van der Waals surface area contributed by atoms with Gasteiger partial charge < -0.3 is 4.74 Å². The van der Waals surface area contributed by atoms with Crippen LogP contribution < -0.4 is 0 Å². The van der Waals surface area contributed by atoms with Crippen LogP contribution in [0.2, 0.25) is 5.02 Å². The number of nitriles is 1. The van der Waals surface area contributed by atoms with E-state index in [1.54, 1.807) is 6.92 Å². The quantitative estimate of drug-likeness (QED) is 0.740. The molecule has 0 fully saturated rings. The van der Waals surface area contributed by atoms with Crippen LogP contribution in [0.3, 0.4) is 0 Å². The first-order chi connectivity index (χ1) is 12.1. The second kappa shape index (κ2) is 7.84. The second-order valence-electron chi connectivity index (χ2n) is 6.46. The summed E-state index contributed by atoms with van der Waals surface area (Å²) < 4.78 is 5.17. The molecule has 0 spiro atoms. The highest BCUT2D eigenvalue weighted by molar-refractivity contribution is 6.44. The van der Waals surface area contributed by atoms with Crippen molar-refractivity contribution >= 4 is 23.3 Å². The van der Waals surface area contributed by atoms with Crippen molar-refractivity contribution in [2.75, 3.05) is 6.61 Å².